The molecular weight excluding hydrogens is 351 g/mol. The van der Waals surface area contributed by atoms with Crippen molar-refractivity contribution in [2.24, 2.45) is 0 Å². The van der Waals surface area contributed by atoms with Crippen molar-refractivity contribution in [3.8, 4) is 16.9 Å². The molecule has 0 bridgehead atoms. The zero-order valence-electron chi connectivity index (χ0n) is 14.5. The highest BCUT2D eigenvalue weighted by atomic mass is 31.2. The molecule has 1 amide bonds. The summed E-state index contributed by atoms with van der Waals surface area (Å²) in [6.45, 7) is 3.29. The Morgan fingerprint density at radius 2 is 1.96 bits per heavy atom. The number of rotatable bonds is 3. The van der Waals surface area contributed by atoms with Crippen LogP contribution in [-0.4, -0.2) is 27.3 Å². The van der Waals surface area contributed by atoms with E-state index >= 15 is 0 Å². The molecule has 7 heteroatoms. The highest BCUT2D eigenvalue weighted by Gasteiger charge is 2.31. The number of fused-ring (bicyclic) bond motifs is 5. The van der Waals surface area contributed by atoms with Crippen LogP contribution in [0.5, 0.6) is 5.75 Å². The number of benzene rings is 2. The van der Waals surface area contributed by atoms with Gasteiger partial charge in [0.25, 0.3) is 5.91 Å². The van der Waals surface area contributed by atoms with Crippen LogP contribution >= 0.6 is 7.94 Å². The van der Waals surface area contributed by atoms with E-state index in [1.807, 2.05) is 31.2 Å². The fraction of sp³-hybridized carbons (Fsp3) is 0.211. The molecule has 1 aliphatic heterocycles. The lowest BCUT2D eigenvalue weighted by Crippen LogP contribution is -2.27. The molecule has 0 radical (unpaired) electrons. The average Bonchev–Trinajstić information content (AvgIpc) is 2.91. The van der Waals surface area contributed by atoms with Crippen molar-refractivity contribution in [1.29, 1.82) is 0 Å². The molecule has 1 aliphatic rings. The van der Waals surface area contributed by atoms with Gasteiger partial charge in [0.15, 0.2) is 5.75 Å². The second-order valence-electron chi connectivity index (χ2n) is 6.53. The Morgan fingerprint density at radius 3 is 2.69 bits per heavy atom. The van der Waals surface area contributed by atoms with Gasteiger partial charge in [-0.2, -0.15) is 9.79 Å². The molecule has 1 aromatic heterocycles. The van der Waals surface area contributed by atoms with E-state index < -0.39 is 7.94 Å². The molecule has 134 valence electrons. The monoisotopic (exact) mass is 371 g/mol. The normalized spacial score (nSPS) is 16.6. The molecule has 6 nitrogen and oxygen atoms in total. The third-order valence-electron chi connectivity index (χ3n) is 4.59. The number of hydrogen-bond acceptors (Lipinski definition) is 4. The predicted molar refractivity (Wildman–Crippen MR) is 102 cm³/mol. The number of H-pyrrole nitrogens is 1. The first-order valence-electron chi connectivity index (χ1n) is 8.45. The third-order valence-corrected chi connectivity index (χ3v) is 5.15. The standard InChI is InChI=1S/C19H19N2O4P/c1-3-15-12-6-4-5-7-13(12)17-14-10-11(25-26(2,23)24)8-9-16(14)20-18(17)19(22)21-15/h4-10,15,23-24H,3H2,1-2H3,(H-,20,21,22)/p+1. The molecule has 4 N–H and O–H groups in total. The summed E-state index contributed by atoms with van der Waals surface area (Å²) in [6.07, 6.45) is 0.789. The minimum atomic E-state index is -3.42. The van der Waals surface area contributed by atoms with Crippen LogP contribution in [0.2, 0.25) is 0 Å². The van der Waals surface area contributed by atoms with Crippen LogP contribution in [0.25, 0.3) is 22.0 Å². The maximum absolute atomic E-state index is 12.8. The molecule has 4 rings (SSSR count). The maximum Gasteiger partial charge on any atom is 0.448 e. The lowest BCUT2D eigenvalue weighted by Gasteiger charge is -2.17. The minimum absolute atomic E-state index is 0.0573. The van der Waals surface area contributed by atoms with Gasteiger partial charge >= 0.3 is 7.94 Å². The van der Waals surface area contributed by atoms with E-state index in [1.54, 1.807) is 18.2 Å². The van der Waals surface area contributed by atoms with Gasteiger partial charge in [-0.25, -0.2) is 0 Å². The zero-order chi connectivity index (χ0) is 18.5. The first kappa shape index (κ1) is 17.0. The predicted octanol–water partition coefficient (Wildman–Crippen LogP) is 3.79. The summed E-state index contributed by atoms with van der Waals surface area (Å²) in [5.41, 5.74) is 4.16. The number of amides is 1. The van der Waals surface area contributed by atoms with E-state index in [1.165, 1.54) is 6.66 Å². The second kappa shape index (κ2) is 6.09. The number of aromatic nitrogens is 1. The van der Waals surface area contributed by atoms with Gasteiger partial charge in [-0.3, -0.25) is 9.32 Å². The fourth-order valence-corrected chi connectivity index (χ4v) is 4.05. The third kappa shape index (κ3) is 2.86. The molecule has 0 fully saturated rings. The van der Waals surface area contributed by atoms with E-state index in [0.717, 1.165) is 34.0 Å². The van der Waals surface area contributed by atoms with Crippen LogP contribution in [0.1, 0.15) is 35.4 Å². The van der Waals surface area contributed by atoms with E-state index in [-0.39, 0.29) is 11.9 Å². The van der Waals surface area contributed by atoms with Crippen molar-refractivity contribution in [2.75, 3.05) is 6.66 Å². The van der Waals surface area contributed by atoms with Gasteiger partial charge < -0.3 is 10.3 Å². The summed E-state index contributed by atoms with van der Waals surface area (Å²) >= 11 is 0. The largest absolute Gasteiger partial charge is 0.448 e. The molecule has 2 aromatic carbocycles. The molecule has 1 unspecified atom stereocenters. The van der Waals surface area contributed by atoms with Crippen LogP contribution in [0, 0.1) is 0 Å². The Kier molecular flexibility index (Phi) is 3.99. The molecule has 1 atom stereocenters. The molecule has 3 aromatic rings. The summed E-state index contributed by atoms with van der Waals surface area (Å²) < 4.78 is 5.27. The number of aromatic amines is 1. The molecule has 0 spiro atoms. The van der Waals surface area contributed by atoms with Crippen LogP contribution in [0.4, 0.5) is 0 Å². The lowest BCUT2D eigenvalue weighted by atomic mass is 9.93. The Labute approximate surface area is 151 Å². The highest BCUT2D eigenvalue weighted by molar-refractivity contribution is 7.59. The van der Waals surface area contributed by atoms with Crippen molar-refractivity contribution >= 4 is 24.8 Å². The maximum atomic E-state index is 12.8. The molecule has 0 saturated carbocycles. The number of hydrogen-bond donors (Lipinski definition) is 4. The van der Waals surface area contributed by atoms with Crippen LogP contribution < -0.4 is 9.84 Å². The topological polar surface area (TPSA) is 94.6 Å². The number of carbonyl (C=O) groups is 1. The van der Waals surface area contributed by atoms with Crippen LogP contribution in [0.3, 0.4) is 0 Å². The summed E-state index contributed by atoms with van der Waals surface area (Å²) in [4.78, 5) is 35.2. The van der Waals surface area contributed by atoms with Gasteiger partial charge in [-0.15, -0.1) is 0 Å². The van der Waals surface area contributed by atoms with E-state index in [0.29, 0.717) is 11.4 Å². The van der Waals surface area contributed by atoms with Gasteiger partial charge in [-0.1, -0.05) is 31.2 Å². The Balaban J connectivity index is 1.98. The Morgan fingerprint density at radius 1 is 1.19 bits per heavy atom. The van der Waals surface area contributed by atoms with Gasteiger partial charge in [0.1, 0.15) is 12.4 Å². The fourth-order valence-electron chi connectivity index (χ4n) is 3.54. The number of carbonyl (C=O) groups excluding carboxylic acids is 1. The summed E-state index contributed by atoms with van der Waals surface area (Å²) in [6, 6.07) is 13.1. The quantitative estimate of drug-likeness (QED) is 0.527. The van der Waals surface area contributed by atoms with Crippen molar-refractivity contribution in [2.45, 2.75) is 19.4 Å². The lowest BCUT2D eigenvalue weighted by molar-refractivity contribution is 0.0933. The average molecular weight is 371 g/mol. The van der Waals surface area contributed by atoms with Crippen LogP contribution in [-0.2, 0) is 0 Å². The van der Waals surface area contributed by atoms with Gasteiger partial charge in [0, 0.05) is 16.5 Å². The van der Waals surface area contributed by atoms with E-state index in [2.05, 4.69) is 10.3 Å². The van der Waals surface area contributed by atoms with Gasteiger partial charge in [0.05, 0.1) is 6.04 Å². The summed E-state index contributed by atoms with van der Waals surface area (Å²) in [5, 5.41) is 3.89. The Hall–Kier alpha value is -2.40. The smallest absolute Gasteiger partial charge is 0.350 e. The van der Waals surface area contributed by atoms with Crippen molar-refractivity contribution < 1.29 is 19.1 Å². The van der Waals surface area contributed by atoms with Crippen molar-refractivity contribution in [3.05, 3.63) is 53.7 Å². The zero-order valence-corrected chi connectivity index (χ0v) is 15.4. The summed E-state index contributed by atoms with van der Waals surface area (Å²) in [5.74, 6) is 0.206. The molecular formula is C19H20N2O4P+. The van der Waals surface area contributed by atoms with Gasteiger partial charge in [0.2, 0.25) is 0 Å². The first-order chi connectivity index (χ1) is 12.4. The minimum Gasteiger partial charge on any atom is -0.350 e. The van der Waals surface area contributed by atoms with Gasteiger partial charge in [-0.05, 0) is 35.7 Å². The van der Waals surface area contributed by atoms with E-state index in [4.69, 9.17) is 4.52 Å². The summed E-state index contributed by atoms with van der Waals surface area (Å²) in [7, 11) is -3.42. The SMILES string of the molecule is CCC1NC(=O)c2[nH]c3ccc(O[P+](C)(O)O)cc3c2-c2ccccc21. The Bertz CT molecular complexity index is 1010. The first-order valence-corrected chi connectivity index (χ1v) is 10.5. The van der Waals surface area contributed by atoms with Crippen molar-refractivity contribution in [1.82, 2.24) is 10.3 Å². The molecule has 2 heterocycles. The molecule has 0 saturated heterocycles. The van der Waals surface area contributed by atoms with Crippen molar-refractivity contribution in [3.63, 3.8) is 0 Å². The van der Waals surface area contributed by atoms with Crippen LogP contribution in [0.15, 0.2) is 42.5 Å². The number of nitrogens with one attached hydrogen (secondary N) is 2. The molecule has 0 aliphatic carbocycles. The molecule has 26 heavy (non-hydrogen) atoms. The second-order valence-corrected chi connectivity index (χ2v) is 8.38. The van der Waals surface area contributed by atoms with E-state index in [9.17, 15) is 14.6 Å². The highest BCUT2D eigenvalue weighted by Crippen LogP contribution is 2.48.